The number of nitro benzene ring substituents is 1. The van der Waals surface area contributed by atoms with E-state index >= 15 is 0 Å². The SMILES string of the molecule is CCOC(=O)Nc1ccc(NC(C#N)=C(C#N)C#N)c([N+](=O)[O-])c1. The molecular formula is C14H10N6O4. The molecule has 0 aromatic heterocycles. The van der Waals surface area contributed by atoms with Crippen molar-refractivity contribution in [2.75, 3.05) is 17.2 Å². The molecule has 0 saturated heterocycles. The molecule has 0 unspecified atom stereocenters. The summed E-state index contributed by atoms with van der Waals surface area (Å²) >= 11 is 0. The molecule has 0 aliphatic heterocycles. The molecule has 0 aliphatic carbocycles. The van der Waals surface area contributed by atoms with Crippen molar-refractivity contribution in [3.63, 3.8) is 0 Å². The zero-order valence-corrected chi connectivity index (χ0v) is 12.4. The summed E-state index contributed by atoms with van der Waals surface area (Å²) in [6.45, 7) is 1.74. The van der Waals surface area contributed by atoms with Gasteiger partial charge in [-0.1, -0.05) is 0 Å². The maximum absolute atomic E-state index is 11.3. The number of nitro groups is 1. The van der Waals surface area contributed by atoms with E-state index < -0.39 is 28.0 Å². The fourth-order valence-electron chi connectivity index (χ4n) is 1.57. The van der Waals surface area contributed by atoms with Crippen molar-refractivity contribution >= 4 is 23.2 Å². The van der Waals surface area contributed by atoms with Crippen LogP contribution in [0, 0.1) is 44.1 Å². The minimum Gasteiger partial charge on any atom is -0.450 e. The molecule has 120 valence electrons. The number of ether oxygens (including phenoxy) is 1. The van der Waals surface area contributed by atoms with Gasteiger partial charge in [-0.25, -0.2) is 4.79 Å². The highest BCUT2D eigenvalue weighted by atomic mass is 16.6. The summed E-state index contributed by atoms with van der Waals surface area (Å²) in [5.41, 5.74) is -1.41. The second kappa shape index (κ2) is 8.37. The molecule has 0 atom stereocenters. The van der Waals surface area contributed by atoms with Crippen LogP contribution in [0.5, 0.6) is 0 Å². The first kappa shape index (κ1) is 18.0. The van der Waals surface area contributed by atoms with E-state index in [2.05, 4.69) is 15.4 Å². The van der Waals surface area contributed by atoms with Crippen LogP contribution in [0.15, 0.2) is 29.5 Å². The predicted molar refractivity (Wildman–Crippen MR) is 81.2 cm³/mol. The van der Waals surface area contributed by atoms with Gasteiger partial charge in [0.15, 0.2) is 5.57 Å². The second-order valence-electron chi connectivity index (χ2n) is 4.04. The van der Waals surface area contributed by atoms with Crippen LogP contribution in [-0.4, -0.2) is 17.6 Å². The van der Waals surface area contributed by atoms with Crippen LogP contribution < -0.4 is 10.6 Å². The van der Waals surface area contributed by atoms with Crippen molar-refractivity contribution < 1.29 is 14.5 Å². The van der Waals surface area contributed by atoms with E-state index in [9.17, 15) is 14.9 Å². The van der Waals surface area contributed by atoms with Crippen LogP contribution in [0.1, 0.15) is 6.92 Å². The van der Waals surface area contributed by atoms with E-state index in [-0.39, 0.29) is 18.0 Å². The van der Waals surface area contributed by atoms with Gasteiger partial charge in [-0.15, -0.1) is 0 Å². The number of hydrogen-bond acceptors (Lipinski definition) is 8. The Morgan fingerprint density at radius 3 is 2.42 bits per heavy atom. The van der Waals surface area contributed by atoms with Crippen LogP contribution in [0.4, 0.5) is 21.9 Å². The highest BCUT2D eigenvalue weighted by Crippen LogP contribution is 2.29. The van der Waals surface area contributed by atoms with Gasteiger partial charge in [0.2, 0.25) is 0 Å². The Morgan fingerprint density at radius 2 is 1.92 bits per heavy atom. The maximum atomic E-state index is 11.3. The molecule has 0 saturated carbocycles. The van der Waals surface area contributed by atoms with Crippen molar-refractivity contribution in [2.45, 2.75) is 6.92 Å². The fourth-order valence-corrected chi connectivity index (χ4v) is 1.57. The summed E-state index contributed by atoms with van der Waals surface area (Å²) in [4.78, 5) is 21.7. The molecule has 2 N–H and O–H groups in total. The zero-order valence-electron chi connectivity index (χ0n) is 12.4. The van der Waals surface area contributed by atoms with E-state index in [4.69, 9.17) is 15.8 Å². The highest BCUT2D eigenvalue weighted by molar-refractivity contribution is 5.86. The van der Waals surface area contributed by atoms with Crippen LogP contribution in [0.3, 0.4) is 0 Å². The number of carbonyl (C=O) groups is 1. The van der Waals surface area contributed by atoms with Gasteiger partial charge in [0.1, 0.15) is 29.6 Å². The number of benzene rings is 1. The van der Waals surface area contributed by atoms with E-state index in [1.807, 2.05) is 0 Å². The molecule has 1 aromatic rings. The first-order chi connectivity index (χ1) is 11.5. The fraction of sp³-hybridized carbons (Fsp3) is 0.143. The summed E-state index contributed by atoms with van der Waals surface area (Å²) in [6.07, 6.45) is -0.777. The third-order valence-corrected chi connectivity index (χ3v) is 2.56. The largest absolute Gasteiger partial charge is 0.450 e. The lowest BCUT2D eigenvalue weighted by Gasteiger charge is -2.09. The Bertz CT molecular complexity index is 809. The quantitative estimate of drug-likeness (QED) is 0.472. The first-order valence-electron chi connectivity index (χ1n) is 6.40. The Balaban J connectivity index is 3.23. The molecule has 10 heteroatoms. The Hall–Kier alpha value is -4.10. The average Bonchev–Trinajstić information content (AvgIpc) is 2.56. The second-order valence-corrected chi connectivity index (χ2v) is 4.04. The number of amides is 1. The van der Waals surface area contributed by atoms with Crippen LogP contribution in [0.2, 0.25) is 0 Å². The molecule has 1 amide bonds. The standard InChI is InChI=1S/C14H10N6O4/c1-2-24-14(21)18-10-3-4-11(13(5-10)20(22)23)19-12(8-17)9(6-15)7-16/h3-5,19H,2H2,1H3,(H,18,21). The van der Waals surface area contributed by atoms with Crippen LogP contribution >= 0.6 is 0 Å². The molecule has 0 bridgehead atoms. The number of nitrogens with one attached hydrogen (secondary N) is 2. The molecule has 0 heterocycles. The van der Waals surface area contributed by atoms with Gasteiger partial charge in [-0.3, -0.25) is 15.4 Å². The van der Waals surface area contributed by atoms with Crippen molar-refractivity contribution in [2.24, 2.45) is 0 Å². The summed E-state index contributed by atoms with van der Waals surface area (Å²) in [6, 6.07) is 8.23. The number of rotatable bonds is 5. The maximum Gasteiger partial charge on any atom is 0.411 e. The molecule has 1 aromatic carbocycles. The molecule has 24 heavy (non-hydrogen) atoms. The lowest BCUT2D eigenvalue weighted by atomic mass is 10.2. The lowest BCUT2D eigenvalue weighted by molar-refractivity contribution is -0.383. The Morgan fingerprint density at radius 1 is 1.25 bits per heavy atom. The van der Waals surface area contributed by atoms with Gasteiger partial charge in [-0.2, -0.15) is 15.8 Å². The minimum atomic E-state index is -0.777. The van der Waals surface area contributed by atoms with Gasteiger partial charge in [0.25, 0.3) is 5.69 Å². The molecule has 10 nitrogen and oxygen atoms in total. The summed E-state index contributed by atoms with van der Waals surface area (Å²) in [5, 5.41) is 42.3. The molecule has 0 spiro atoms. The number of carbonyl (C=O) groups excluding carboxylic acids is 1. The van der Waals surface area contributed by atoms with Gasteiger partial charge < -0.3 is 10.1 Å². The average molecular weight is 326 g/mol. The van der Waals surface area contributed by atoms with Gasteiger partial charge >= 0.3 is 6.09 Å². The highest BCUT2D eigenvalue weighted by Gasteiger charge is 2.18. The Kier molecular flexibility index (Phi) is 6.26. The van der Waals surface area contributed by atoms with Gasteiger partial charge in [-0.05, 0) is 19.1 Å². The number of hydrogen-bond donors (Lipinski definition) is 2. The van der Waals surface area contributed by atoms with Crippen molar-refractivity contribution in [3.05, 3.63) is 39.6 Å². The first-order valence-corrected chi connectivity index (χ1v) is 6.40. The van der Waals surface area contributed by atoms with E-state index in [1.54, 1.807) is 13.0 Å². The molecule has 0 radical (unpaired) electrons. The van der Waals surface area contributed by atoms with Crippen LogP contribution in [0.25, 0.3) is 0 Å². The number of nitriles is 3. The third-order valence-electron chi connectivity index (χ3n) is 2.56. The molecule has 0 aliphatic rings. The molecule has 1 rings (SSSR count). The number of nitrogens with zero attached hydrogens (tertiary/aromatic N) is 4. The van der Waals surface area contributed by atoms with E-state index in [0.29, 0.717) is 0 Å². The van der Waals surface area contributed by atoms with Crippen molar-refractivity contribution in [3.8, 4) is 18.2 Å². The predicted octanol–water partition coefficient (Wildman–Crippen LogP) is 2.40. The zero-order chi connectivity index (χ0) is 18.1. The Labute approximate surface area is 136 Å². The smallest absolute Gasteiger partial charge is 0.411 e. The topological polar surface area (TPSA) is 165 Å². The van der Waals surface area contributed by atoms with E-state index in [0.717, 1.165) is 6.07 Å². The molecule has 0 fully saturated rings. The van der Waals surface area contributed by atoms with Gasteiger partial charge in [0, 0.05) is 6.07 Å². The van der Waals surface area contributed by atoms with Crippen molar-refractivity contribution in [1.29, 1.82) is 15.8 Å². The van der Waals surface area contributed by atoms with Crippen molar-refractivity contribution in [1.82, 2.24) is 0 Å². The summed E-state index contributed by atoms with van der Waals surface area (Å²) < 4.78 is 4.66. The number of anilines is 2. The lowest BCUT2D eigenvalue weighted by Crippen LogP contribution is -2.13. The molecular weight excluding hydrogens is 316 g/mol. The monoisotopic (exact) mass is 326 g/mol. The third kappa shape index (κ3) is 4.45. The number of allylic oxidation sites excluding steroid dienone is 2. The normalized spacial score (nSPS) is 8.75. The minimum absolute atomic E-state index is 0.106. The summed E-state index contributed by atoms with van der Waals surface area (Å²) in [5.74, 6) is 0. The van der Waals surface area contributed by atoms with E-state index in [1.165, 1.54) is 24.3 Å². The summed E-state index contributed by atoms with van der Waals surface area (Å²) in [7, 11) is 0. The van der Waals surface area contributed by atoms with Crippen LogP contribution in [-0.2, 0) is 4.74 Å². The van der Waals surface area contributed by atoms with Gasteiger partial charge in [0.05, 0.1) is 17.2 Å².